The molecular formula is C44H48N4O12S2+2. The van der Waals surface area contributed by atoms with Gasteiger partial charge in [0.2, 0.25) is 22.9 Å². The largest absolute Gasteiger partial charge is 0.507 e. The van der Waals surface area contributed by atoms with Gasteiger partial charge in [0.25, 0.3) is 20.2 Å². The van der Waals surface area contributed by atoms with Crippen molar-refractivity contribution in [3.05, 3.63) is 106 Å². The molecule has 326 valence electrons. The maximum Gasteiger partial charge on any atom is 0.283 e. The van der Waals surface area contributed by atoms with Crippen LogP contribution in [0.25, 0.3) is 11.1 Å². The summed E-state index contributed by atoms with van der Waals surface area (Å²) in [7, 11) is -5.81. The van der Waals surface area contributed by atoms with E-state index in [0.29, 0.717) is 10.6 Å². The molecule has 0 bridgehead atoms. The summed E-state index contributed by atoms with van der Waals surface area (Å²) >= 11 is 0. The maximum absolute atomic E-state index is 13.6. The van der Waals surface area contributed by atoms with Gasteiger partial charge in [-0.2, -0.15) is 26.0 Å². The van der Waals surface area contributed by atoms with Crippen molar-refractivity contribution in [2.75, 3.05) is 48.7 Å². The van der Waals surface area contributed by atoms with Gasteiger partial charge in [-0.05, 0) is 65.8 Å². The lowest BCUT2D eigenvalue weighted by atomic mass is 9.75. The van der Waals surface area contributed by atoms with Gasteiger partial charge in [-0.25, -0.2) is 0 Å². The second kappa shape index (κ2) is 14.8. The molecule has 0 unspecified atom stereocenters. The molecule has 0 saturated carbocycles. The smallest absolute Gasteiger partial charge is 0.283 e. The van der Waals surface area contributed by atoms with E-state index in [2.05, 4.69) is 17.0 Å². The summed E-state index contributed by atoms with van der Waals surface area (Å²) in [5, 5.41) is 44.2. The Morgan fingerprint density at radius 2 is 0.952 bits per heavy atom. The van der Waals surface area contributed by atoms with Crippen LogP contribution >= 0.6 is 0 Å². The topological polar surface area (TPSA) is 236 Å². The van der Waals surface area contributed by atoms with Crippen molar-refractivity contribution in [3.63, 3.8) is 0 Å². The van der Waals surface area contributed by atoms with Gasteiger partial charge in [-0.15, -0.1) is 0 Å². The van der Waals surface area contributed by atoms with Crippen LogP contribution in [0.4, 0.5) is 22.7 Å². The number of carbonyl (C=O) groups excluding carboxylic acids is 2. The molecule has 3 aromatic carbocycles. The lowest BCUT2D eigenvalue weighted by molar-refractivity contribution is -0.404. The van der Waals surface area contributed by atoms with E-state index in [1.54, 1.807) is 24.3 Å². The second-order valence-electron chi connectivity index (χ2n) is 16.8. The molecule has 7 rings (SSSR count). The van der Waals surface area contributed by atoms with E-state index >= 15 is 0 Å². The SMILES string of the molecule is CCN(CC)c1ccc(C2=C(O)C(=CC3=[N+](C)c4cc5c(cc4C3(C)C)[N+](C)=C(C=C3C(=O)C(c4ccc(N(CS(=O)(=O)O)CS(=O)(=O)O)cc4O)=C3O)C5(C)C)C2=O)c(O)c1. The molecule has 0 aromatic heterocycles. The Morgan fingerprint density at radius 1 is 0.597 bits per heavy atom. The highest BCUT2D eigenvalue weighted by molar-refractivity contribution is 7.86. The molecule has 18 heteroatoms. The number of allylic oxidation sites excluding steroid dienone is 6. The number of anilines is 2. The van der Waals surface area contributed by atoms with Crippen molar-refractivity contribution in [3.8, 4) is 11.5 Å². The number of aromatic hydroxyl groups is 2. The average molecular weight is 889 g/mol. The molecule has 0 spiro atoms. The lowest BCUT2D eigenvalue weighted by Crippen LogP contribution is -2.34. The number of hydrogen-bond acceptors (Lipinski definition) is 12. The molecule has 3 aromatic rings. The summed E-state index contributed by atoms with van der Waals surface area (Å²) in [5.41, 5.74) is 4.34. The molecule has 0 radical (unpaired) electrons. The van der Waals surface area contributed by atoms with Crippen LogP contribution in [-0.4, -0.2) is 117 Å². The van der Waals surface area contributed by atoms with Crippen molar-refractivity contribution < 1.29 is 65.1 Å². The number of carbonyl (C=O) groups is 2. The molecule has 2 aliphatic heterocycles. The van der Waals surface area contributed by atoms with Crippen LogP contribution in [-0.2, 0) is 40.7 Å². The Bertz CT molecular complexity index is 2950. The standard InChI is InChI=1S/C44H46N4O12S2/c1-9-47(10-2)23-11-13-25(33(49)15-23)37-39(51)27(40(37)52)17-35-43(3,4)29-19-32-30(20-31(29)45(35)7)44(5,6)36(46(32)8)18-28-41(53)38(42(28)54)26-14-12-24(16-34(26)50)48(21-61(55,56)57)22-62(58,59)60/h11-20H,9-10,21-22H2,1-8H3,(H4,51,52,53,54,55,56,57,58,59,60)/p+2. The van der Waals surface area contributed by atoms with Gasteiger partial charge < -0.3 is 30.2 Å². The highest BCUT2D eigenvalue weighted by Gasteiger charge is 2.52. The number of aliphatic hydroxyl groups excluding tert-OH is 2. The highest BCUT2D eigenvalue weighted by Crippen LogP contribution is 2.50. The van der Waals surface area contributed by atoms with Gasteiger partial charge in [0, 0.05) is 83.1 Å². The molecule has 0 saturated heterocycles. The maximum atomic E-state index is 13.6. The molecular weight excluding hydrogens is 841 g/mol. The fourth-order valence-corrected chi connectivity index (χ4v) is 10.4. The van der Waals surface area contributed by atoms with E-state index in [9.17, 15) is 56.0 Å². The van der Waals surface area contributed by atoms with Crippen LogP contribution in [0.2, 0.25) is 0 Å². The van der Waals surface area contributed by atoms with Gasteiger partial charge in [0.05, 0.1) is 33.1 Å². The quantitative estimate of drug-likeness (QED) is 0.0758. The number of rotatable bonds is 12. The normalized spacial score (nSPS) is 19.4. The number of ketones is 2. The number of Topliss-reactive ketones (excluding diaryl/α,β-unsaturated/α-hetero) is 2. The molecule has 62 heavy (non-hydrogen) atoms. The number of phenols is 2. The molecule has 6 N–H and O–H groups in total. The van der Waals surface area contributed by atoms with Crippen LogP contribution in [0.1, 0.15) is 63.8 Å². The molecule has 0 atom stereocenters. The van der Waals surface area contributed by atoms with Gasteiger partial charge in [-0.3, -0.25) is 18.7 Å². The third-order valence-electron chi connectivity index (χ3n) is 12.3. The fraction of sp³-hybridized carbons (Fsp3) is 0.318. The summed E-state index contributed by atoms with van der Waals surface area (Å²) < 4.78 is 68.6. The third kappa shape index (κ3) is 7.09. The van der Waals surface area contributed by atoms with E-state index in [-0.39, 0.29) is 56.4 Å². The minimum absolute atomic E-state index is 0.0247. The zero-order valence-corrected chi connectivity index (χ0v) is 37.0. The number of benzene rings is 3. The van der Waals surface area contributed by atoms with Crippen LogP contribution in [0.3, 0.4) is 0 Å². The van der Waals surface area contributed by atoms with Crippen LogP contribution in [0, 0.1) is 0 Å². The molecule has 2 heterocycles. The number of aliphatic hydroxyl groups is 2. The summed E-state index contributed by atoms with van der Waals surface area (Å²) in [4.78, 5) is 29.9. The van der Waals surface area contributed by atoms with E-state index in [1.807, 2.05) is 70.9 Å². The Balaban J connectivity index is 1.19. The predicted octanol–water partition coefficient (Wildman–Crippen LogP) is 5.41. The molecule has 2 aliphatic carbocycles. The van der Waals surface area contributed by atoms with Crippen molar-refractivity contribution in [2.24, 2.45) is 0 Å². The monoisotopic (exact) mass is 888 g/mol. The highest BCUT2D eigenvalue weighted by atomic mass is 32.2. The lowest BCUT2D eigenvalue weighted by Gasteiger charge is -2.25. The summed E-state index contributed by atoms with van der Waals surface area (Å²) in [6, 6.07) is 12.4. The summed E-state index contributed by atoms with van der Waals surface area (Å²) in [5.74, 6) is -4.74. The first kappa shape index (κ1) is 44.0. The molecule has 0 fully saturated rings. The van der Waals surface area contributed by atoms with Gasteiger partial charge in [-0.1, -0.05) is 0 Å². The Kier molecular flexibility index (Phi) is 10.5. The first-order valence-electron chi connectivity index (χ1n) is 19.6. The molecule has 0 amide bonds. The van der Waals surface area contributed by atoms with Gasteiger partial charge in [0.15, 0.2) is 11.4 Å². The average Bonchev–Trinajstić information content (AvgIpc) is 3.48. The van der Waals surface area contributed by atoms with Gasteiger partial charge in [0.1, 0.15) is 48.9 Å². The predicted molar refractivity (Wildman–Crippen MR) is 235 cm³/mol. The first-order chi connectivity index (χ1) is 28.7. The van der Waals surface area contributed by atoms with E-state index in [1.165, 1.54) is 6.07 Å². The number of nitrogens with zero attached hydrogens (tertiary/aromatic N) is 4. The molecule has 16 nitrogen and oxygen atoms in total. The van der Waals surface area contributed by atoms with Crippen molar-refractivity contribution in [2.45, 2.75) is 52.4 Å². The van der Waals surface area contributed by atoms with E-state index in [0.717, 1.165) is 59.1 Å². The van der Waals surface area contributed by atoms with Gasteiger partial charge >= 0.3 is 0 Å². The number of hydrogen-bond donors (Lipinski definition) is 6. The van der Waals surface area contributed by atoms with Crippen LogP contribution in [0.15, 0.2) is 83.3 Å². The van der Waals surface area contributed by atoms with Crippen LogP contribution in [0.5, 0.6) is 11.5 Å². The van der Waals surface area contributed by atoms with Crippen LogP contribution < -0.4 is 9.80 Å². The number of fused-ring (bicyclic) bond motifs is 2. The zero-order chi connectivity index (χ0) is 45.8. The second-order valence-corrected chi connectivity index (χ2v) is 19.6. The third-order valence-corrected chi connectivity index (χ3v) is 13.6. The number of phenolic OH excluding ortho intramolecular Hbond substituents is 2. The van der Waals surface area contributed by atoms with E-state index < -0.39 is 60.1 Å². The fourth-order valence-electron chi connectivity index (χ4n) is 8.97. The Labute approximate surface area is 359 Å². The Morgan fingerprint density at radius 3 is 1.26 bits per heavy atom. The first-order valence-corrected chi connectivity index (χ1v) is 22.8. The minimum atomic E-state index is -4.77. The Hall–Kier alpha value is -6.08. The van der Waals surface area contributed by atoms with Crippen molar-refractivity contribution >= 4 is 77.1 Å². The van der Waals surface area contributed by atoms with Crippen molar-refractivity contribution in [1.29, 1.82) is 0 Å². The van der Waals surface area contributed by atoms with Crippen molar-refractivity contribution in [1.82, 2.24) is 0 Å². The zero-order valence-electron chi connectivity index (χ0n) is 35.3. The summed E-state index contributed by atoms with van der Waals surface area (Å²) in [6.45, 7) is 13.5. The summed E-state index contributed by atoms with van der Waals surface area (Å²) in [6.07, 6.45) is 3.28. The molecule has 4 aliphatic rings. The minimum Gasteiger partial charge on any atom is -0.507 e. The van der Waals surface area contributed by atoms with E-state index in [4.69, 9.17) is 0 Å².